The Balaban J connectivity index is 1.48. The van der Waals surface area contributed by atoms with Crippen molar-refractivity contribution in [1.29, 1.82) is 0 Å². The quantitative estimate of drug-likeness (QED) is 0.647. The Morgan fingerprint density at radius 3 is 2.76 bits per heavy atom. The van der Waals surface area contributed by atoms with E-state index in [1.54, 1.807) is 30.3 Å². The van der Waals surface area contributed by atoms with Gasteiger partial charge in [0.05, 0.1) is 36.1 Å². The van der Waals surface area contributed by atoms with Crippen LogP contribution in [0.2, 0.25) is 0 Å². The summed E-state index contributed by atoms with van der Waals surface area (Å²) in [4.78, 5) is 31.1. The van der Waals surface area contributed by atoms with Gasteiger partial charge in [0.1, 0.15) is 12.4 Å². The number of hydrogen-bond acceptors (Lipinski definition) is 5. The fourth-order valence-electron chi connectivity index (χ4n) is 3.24. The Morgan fingerprint density at radius 1 is 1.21 bits per heavy atom. The lowest BCUT2D eigenvalue weighted by molar-refractivity contribution is -0.116. The third-order valence-electron chi connectivity index (χ3n) is 4.68. The van der Waals surface area contributed by atoms with E-state index in [0.29, 0.717) is 48.6 Å². The molecule has 1 aromatic heterocycles. The van der Waals surface area contributed by atoms with Crippen LogP contribution in [0.5, 0.6) is 0 Å². The molecule has 1 saturated heterocycles. The molecule has 0 aliphatic carbocycles. The van der Waals surface area contributed by atoms with Gasteiger partial charge < -0.3 is 15.0 Å². The Labute approximate surface area is 174 Å². The van der Waals surface area contributed by atoms with E-state index in [1.165, 1.54) is 17.0 Å². The Bertz CT molecular complexity index is 1130. The molecule has 1 N–H and O–H groups in total. The molecule has 0 bridgehead atoms. The monoisotopic (exact) mass is 460 g/mol. The highest BCUT2D eigenvalue weighted by molar-refractivity contribution is 9.10. The van der Waals surface area contributed by atoms with Gasteiger partial charge in [-0.15, -0.1) is 0 Å². The molecule has 0 unspecified atom stereocenters. The number of ether oxygens (including phenoxy) is 1. The van der Waals surface area contributed by atoms with Crippen molar-refractivity contribution in [2.75, 3.05) is 36.5 Å². The number of amides is 1. The number of rotatable bonds is 4. The van der Waals surface area contributed by atoms with Crippen molar-refractivity contribution >= 4 is 44.1 Å². The van der Waals surface area contributed by atoms with Gasteiger partial charge in [-0.25, -0.2) is 9.37 Å². The summed E-state index contributed by atoms with van der Waals surface area (Å²) in [6.45, 7) is 2.14. The standard InChI is InChI=1S/C20H18BrFN4O3/c21-13-1-3-17-15(9-13)20(28)26(12-23-17)11-19(27)24-14-2-4-18(16(22)10-14)25-5-7-29-8-6-25/h1-4,9-10,12H,5-8,11H2,(H,24,27). The van der Waals surface area contributed by atoms with Crippen molar-refractivity contribution in [3.05, 3.63) is 63.4 Å². The summed E-state index contributed by atoms with van der Waals surface area (Å²) in [5.74, 6) is -0.860. The molecule has 29 heavy (non-hydrogen) atoms. The maximum atomic E-state index is 14.5. The van der Waals surface area contributed by atoms with E-state index in [4.69, 9.17) is 4.74 Å². The first-order valence-electron chi connectivity index (χ1n) is 9.08. The fraction of sp³-hybridized carbons (Fsp3) is 0.250. The van der Waals surface area contributed by atoms with Crippen LogP contribution in [0.25, 0.3) is 10.9 Å². The number of carbonyl (C=O) groups is 1. The van der Waals surface area contributed by atoms with Crippen molar-refractivity contribution in [2.24, 2.45) is 0 Å². The summed E-state index contributed by atoms with van der Waals surface area (Å²) >= 11 is 3.33. The highest BCUT2D eigenvalue weighted by Crippen LogP contribution is 2.23. The second-order valence-corrected chi connectivity index (χ2v) is 7.57. The van der Waals surface area contributed by atoms with Gasteiger partial charge in [0.2, 0.25) is 5.91 Å². The first-order chi connectivity index (χ1) is 14.0. The van der Waals surface area contributed by atoms with E-state index >= 15 is 0 Å². The number of anilines is 2. The molecule has 150 valence electrons. The molecular formula is C20H18BrFN4O3. The average molecular weight is 461 g/mol. The van der Waals surface area contributed by atoms with Gasteiger partial charge >= 0.3 is 0 Å². The van der Waals surface area contributed by atoms with Crippen LogP contribution in [-0.2, 0) is 16.1 Å². The zero-order chi connectivity index (χ0) is 20.4. The summed E-state index contributed by atoms with van der Waals surface area (Å²) in [5, 5.41) is 3.04. The summed E-state index contributed by atoms with van der Waals surface area (Å²) in [6.07, 6.45) is 1.33. The minimum Gasteiger partial charge on any atom is -0.378 e. The number of nitrogens with one attached hydrogen (secondary N) is 1. The Hall–Kier alpha value is -2.78. The van der Waals surface area contributed by atoms with Crippen LogP contribution in [0, 0.1) is 5.82 Å². The SMILES string of the molecule is O=C(Cn1cnc2ccc(Br)cc2c1=O)Nc1ccc(N2CCOCC2)c(F)c1. The van der Waals surface area contributed by atoms with Crippen LogP contribution in [0.4, 0.5) is 15.8 Å². The van der Waals surface area contributed by atoms with Gasteiger partial charge in [0.25, 0.3) is 5.56 Å². The number of hydrogen-bond donors (Lipinski definition) is 1. The van der Waals surface area contributed by atoms with Crippen LogP contribution >= 0.6 is 15.9 Å². The minimum absolute atomic E-state index is 0.221. The van der Waals surface area contributed by atoms with Gasteiger partial charge in [-0.1, -0.05) is 15.9 Å². The minimum atomic E-state index is -0.443. The molecule has 3 aromatic rings. The van der Waals surface area contributed by atoms with E-state index in [-0.39, 0.29) is 12.1 Å². The molecule has 1 aliphatic rings. The predicted octanol–water partition coefficient (Wildman–Crippen LogP) is 2.77. The molecule has 0 atom stereocenters. The Morgan fingerprint density at radius 2 is 2.00 bits per heavy atom. The maximum absolute atomic E-state index is 14.5. The number of halogens is 2. The molecule has 7 nitrogen and oxygen atoms in total. The van der Waals surface area contributed by atoms with Crippen LogP contribution in [0.15, 0.2) is 52.0 Å². The van der Waals surface area contributed by atoms with Crippen molar-refractivity contribution in [1.82, 2.24) is 9.55 Å². The van der Waals surface area contributed by atoms with Crippen molar-refractivity contribution in [3.63, 3.8) is 0 Å². The van der Waals surface area contributed by atoms with Crippen LogP contribution < -0.4 is 15.8 Å². The molecule has 0 saturated carbocycles. The summed E-state index contributed by atoms with van der Waals surface area (Å²) < 4.78 is 21.7. The van der Waals surface area contributed by atoms with Gasteiger partial charge in [0, 0.05) is 23.2 Å². The van der Waals surface area contributed by atoms with Crippen LogP contribution in [0.3, 0.4) is 0 Å². The summed E-state index contributed by atoms with van der Waals surface area (Å²) in [6, 6.07) is 9.74. The van der Waals surface area contributed by atoms with E-state index in [2.05, 4.69) is 26.2 Å². The largest absolute Gasteiger partial charge is 0.378 e. The Kier molecular flexibility index (Phi) is 5.59. The smallest absolute Gasteiger partial charge is 0.261 e. The van der Waals surface area contributed by atoms with Crippen molar-refractivity contribution in [3.8, 4) is 0 Å². The molecule has 4 rings (SSSR count). The zero-order valence-corrected chi connectivity index (χ0v) is 17.0. The molecule has 1 amide bonds. The van der Waals surface area contributed by atoms with Gasteiger partial charge in [-0.05, 0) is 36.4 Å². The first-order valence-corrected chi connectivity index (χ1v) is 9.87. The topological polar surface area (TPSA) is 76.5 Å². The van der Waals surface area contributed by atoms with Crippen LogP contribution in [0.1, 0.15) is 0 Å². The molecule has 2 heterocycles. The highest BCUT2D eigenvalue weighted by atomic mass is 79.9. The number of aromatic nitrogens is 2. The number of fused-ring (bicyclic) bond motifs is 1. The molecule has 0 radical (unpaired) electrons. The number of nitrogens with zero attached hydrogens (tertiary/aromatic N) is 3. The lowest BCUT2D eigenvalue weighted by atomic mass is 10.2. The van der Waals surface area contributed by atoms with Crippen molar-refractivity contribution < 1.29 is 13.9 Å². The third kappa shape index (κ3) is 4.30. The average Bonchev–Trinajstić information content (AvgIpc) is 2.71. The number of morpholine rings is 1. The van der Waals surface area contributed by atoms with E-state index in [9.17, 15) is 14.0 Å². The molecule has 0 spiro atoms. The summed E-state index contributed by atoms with van der Waals surface area (Å²) in [7, 11) is 0. The fourth-order valence-corrected chi connectivity index (χ4v) is 3.61. The van der Waals surface area contributed by atoms with E-state index in [0.717, 1.165) is 4.47 Å². The zero-order valence-electron chi connectivity index (χ0n) is 15.4. The van der Waals surface area contributed by atoms with Gasteiger partial charge in [-0.3, -0.25) is 14.2 Å². The van der Waals surface area contributed by atoms with Crippen LogP contribution in [-0.4, -0.2) is 41.8 Å². The first kappa shape index (κ1) is 19.5. The second kappa shape index (κ2) is 8.30. The molecule has 9 heteroatoms. The van der Waals surface area contributed by atoms with Gasteiger partial charge in [-0.2, -0.15) is 0 Å². The molecule has 2 aromatic carbocycles. The second-order valence-electron chi connectivity index (χ2n) is 6.65. The predicted molar refractivity (Wildman–Crippen MR) is 112 cm³/mol. The normalized spacial score (nSPS) is 14.2. The summed E-state index contributed by atoms with van der Waals surface area (Å²) in [5.41, 5.74) is 1.04. The third-order valence-corrected chi connectivity index (χ3v) is 5.18. The highest BCUT2D eigenvalue weighted by Gasteiger charge is 2.16. The number of carbonyl (C=O) groups excluding carboxylic acids is 1. The molecule has 1 fully saturated rings. The molecule has 1 aliphatic heterocycles. The lowest BCUT2D eigenvalue weighted by Gasteiger charge is -2.29. The maximum Gasteiger partial charge on any atom is 0.261 e. The van der Waals surface area contributed by atoms with E-state index < -0.39 is 11.7 Å². The molecular weight excluding hydrogens is 443 g/mol. The van der Waals surface area contributed by atoms with Gasteiger partial charge in [0.15, 0.2) is 0 Å². The lowest BCUT2D eigenvalue weighted by Crippen LogP contribution is -2.36. The number of benzene rings is 2. The van der Waals surface area contributed by atoms with E-state index in [1.807, 2.05) is 4.90 Å². The van der Waals surface area contributed by atoms with Crippen molar-refractivity contribution in [2.45, 2.75) is 6.54 Å².